The monoisotopic (exact) mass is 320 g/mol. The van der Waals surface area contributed by atoms with E-state index in [1.807, 2.05) is 30.3 Å². The van der Waals surface area contributed by atoms with Crippen molar-refractivity contribution in [1.29, 1.82) is 0 Å². The van der Waals surface area contributed by atoms with Crippen molar-refractivity contribution in [2.24, 2.45) is 0 Å². The van der Waals surface area contributed by atoms with E-state index in [4.69, 9.17) is 4.74 Å². The minimum Gasteiger partial charge on any atom is -0.455 e. The average Bonchev–Trinajstić information content (AvgIpc) is 3.34. The molecule has 2 aromatic heterocycles. The van der Waals surface area contributed by atoms with Gasteiger partial charge in [-0.05, 0) is 31.0 Å². The van der Waals surface area contributed by atoms with Crippen molar-refractivity contribution in [1.82, 2.24) is 15.2 Å². The second-order valence-corrected chi connectivity index (χ2v) is 5.72. The number of carbonyl (C=O) groups is 1. The number of amides is 1. The fourth-order valence-corrected chi connectivity index (χ4v) is 2.42. The third-order valence-electron chi connectivity index (χ3n) is 3.85. The van der Waals surface area contributed by atoms with E-state index < -0.39 is 0 Å². The number of para-hydroxylation sites is 1. The largest absolute Gasteiger partial charge is 0.455 e. The van der Waals surface area contributed by atoms with Gasteiger partial charge in [-0.25, -0.2) is 0 Å². The van der Waals surface area contributed by atoms with Crippen molar-refractivity contribution < 1.29 is 9.53 Å². The lowest BCUT2D eigenvalue weighted by Crippen LogP contribution is -2.13. The van der Waals surface area contributed by atoms with Gasteiger partial charge >= 0.3 is 0 Å². The van der Waals surface area contributed by atoms with E-state index in [0.29, 0.717) is 28.8 Å². The highest BCUT2D eigenvalue weighted by Crippen LogP contribution is 2.39. The molecular weight excluding hydrogens is 304 g/mol. The van der Waals surface area contributed by atoms with Gasteiger partial charge in [0.1, 0.15) is 11.4 Å². The van der Waals surface area contributed by atoms with E-state index in [1.165, 1.54) is 0 Å². The zero-order valence-corrected chi connectivity index (χ0v) is 12.9. The molecule has 6 heteroatoms. The molecule has 1 aliphatic rings. The summed E-state index contributed by atoms with van der Waals surface area (Å²) in [6, 6.07) is 12.9. The minimum atomic E-state index is -0.288. The number of hydrogen-bond acceptors (Lipinski definition) is 4. The van der Waals surface area contributed by atoms with Gasteiger partial charge in [0.25, 0.3) is 5.91 Å². The van der Waals surface area contributed by atoms with Gasteiger partial charge in [0.05, 0.1) is 6.20 Å². The fraction of sp³-hybridized carbons (Fsp3) is 0.167. The molecule has 3 aromatic rings. The highest BCUT2D eigenvalue weighted by Gasteiger charge is 2.26. The van der Waals surface area contributed by atoms with Gasteiger partial charge in [-0.1, -0.05) is 18.2 Å². The van der Waals surface area contributed by atoms with E-state index in [2.05, 4.69) is 20.5 Å². The number of carbonyl (C=O) groups excluding carboxylic acids is 1. The molecule has 0 bridgehead atoms. The van der Waals surface area contributed by atoms with Gasteiger partial charge in [0, 0.05) is 23.9 Å². The number of anilines is 1. The maximum atomic E-state index is 12.4. The van der Waals surface area contributed by atoms with Crippen LogP contribution in [0, 0.1) is 0 Å². The summed E-state index contributed by atoms with van der Waals surface area (Å²) in [7, 11) is 0. The Morgan fingerprint density at radius 2 is 2.04 bits per heavy atom. The summed E-state index contributed by atoms with van der Waals surface area (Å²) in [6.45, 7) is 0. The number of aromatic amines is 1. The summed E-state index contributed by atoms with van der Waals surface area (Å²) in [6.07, 6.45) is 5.49. The SMILES string of the molecule is O=C(Nc1cnccc1Oc1ccccc1)c1cc(C2CC2)[nH]n1. The van der Waals surface area contributed by atoms with Crippen LogP contribution in [0.3, 0.4) is 0 Å². The van der Waals surface area contributed by atoms with Crippen molar-refractivity contribution in [3.63, 3.8) is 0 Å². The fourth-order valence-electron chi connectivity index (χ4n) is 2.42. The first kappa shape index (κ1) is 14.4. The van der Waals surface area contributed by atoms with Crippen LogP contribution in [0.1, 0.15) is 34.9 Å². The smallest absolute Gasteiger partial charge is 0.276 e. The number of H-pyrrole nitrogens is 1. The summed E-state index contributed by atoms with van der Waals surface area (Å²) < 4.78 is 5.82. The molecular formula is C18H16N4O2. The van der Waals surface area contributed by atoms with Crippen LogP contribution < -0.4 is 10.1 Å². The standard InChI is InChI=1S/C18H16N4O2/c23-18(15-10-14(21-22-15)12-6-7-12)20-16-11-19-9-8-17(16)24-13-4-2-1-3-5-13/h1-5,8-12H,6-7H2,(H,20,23)(H,21,22). The Kier molecular flexibility index (Phi) is 3.70. The molecule has 1 saturated carbocycles. The Labute approximate surface area is 138 Å². The van der Waals surface area contributed by atoms with Gasteiger partial charge in [0.2, 0.25) is 0 Å². The Morgan fingerprint density at radius 1 is 1.21 bits per heavy atom. The summed E-state index contributed by atoms with van der Waals surface area (Å²) in [4.78, 5) is 16.5. The Morgan fingerprint density at radius 3 is 2.83 bits per heavy atom. The van der Waals surface area contributed by atoms with Gasteiger partial charge in [-0.2, -0.15) is 5.10 Å². The number of pyridine rings is 1. The molecule has 2 heterocycles. The Balaban J connectivity index is 1.52. The molecule has 0 aliphatic heterocycles. The van der Waals surface area contributed by atoms with Crippen LogP contribution in [0.25, 0.3) is 0 Å². The molecule has 1 aromatic carbocycles. The number of hydrogen-bond donors (Lipinski definition) is 2. The van der Waals surface area contributed by atoms with E-state index in [1.54, 1.807) is 24.5 Å². The number of benzene rings is 1. The van der Waals surface area contributed by atoms with Crippen LogP contribution in [-0.2, 0) is 0 Å². The summed E-state index contributed by atoms with van der Waals surface area (Å²) >= 11 is 0. The average molecular weight is 320 g/mol. The number of nitrogens with zero attached hydrogens (tertiary/aromatic N) is 2. The lowest BCUT2D eigenvalue weighted by molar-refractivity contribution is 0.102. The van der Waals surface area contributed by atoms with E-state index >= 15 is 0 Å². The van der Waals surface area contributed by atoms with Crippen molar-refractivity contribution in [2.75, 3.05) is 5.32 Å². The Bertz CT molecular complexity index is 856. The van der Waals surface area contributed by atoms with Crippen molar-refractivity contribution >= 4 is 11.6 Å². The molecule has 0 atom stereocenters. The van der Waals surface area contributed by atoms with E-state index in [9.17, 15) is 4.79 Å². The maximum Gasteiger partial charge on any atom is 0.276 e. The molecule has 1 fully saturated rings. The molecule has 4 rings (SSSR count). The van der Waals surface area contributed by atoms with Gasteiger partial charge in [-0.15, -0.1) is 0 Å². The normalized spacial score (nSPS) is 13.5. The van der Waals surface area contributed by atoms with Crippen LogP contribution in [-0.4, -0.2) is 21.1 Å². The number of ether oxygens (including phenoxy) is 1. The van der Waals surface area contributed by atoms with Crippen molar-refractivity contribution in [2.45, 2.75) is 18.8 Å². The van der Waals surface area contributed by atoms with E-state index in [-0.39, 0.29) is 5.91 Å². The Hall–Kier alpha value is -3.15. The quantitative estimate of drug-likeness (QED) is 0.750. The van der Waals surface area contributed by atoms with Crippen LogP contribution in [0.5, 0.6) is 11.5 Å². The van der Waals surface area contributed by atoms with E-state index in [0.717, 1.165) is 18.5 Å². The molecule has 24 heavy (non-hydrogen) atoms. The molecule has 6 nitrogen and oxygen atoms in total. The molecule has 2 N–H and O–H groups in total. The zero-order valence-electron chi connectivity index (χ0n) is 12.9. The van der Waals surface area contributed by atoms with Crippen molar-refractivity contribution in [3.05, 3.63) is 66.2 Å². The lowest BCUT2D eigenvalue weighted by Gasteiger charge is -2.10. The molecule has 120 valence electrons. The molecule has 1 amide bonds. The second-order valence-electron chi connectivity index (χ2n) is 5.72. The van der Waals surface area contributed by atoms with Gasteiger partial charge in [0.15, 0.2) is 11.4 Å². The first-order chi connectivity index (χ1) is 11.8. The summed E-state index contributed by atoms with van der Waals surface area (Å²) in [5, 5.41) is 9.83. The van der Waals surface area contributed by atoms with Crippen LogP contribution in [0.2, 0.25) is 0 Å². The topological polar surface area (TPSA) is 79.9 Å². The zero-order chi connectivity index (χ0) is 16.4. The molecule has 0 unspecified atom stereocenters. The molecule has 0 spiro atoms. The van der Waals surface area contributed by atoms with Crippen LogP contribution >= 0.6 is 0 Å². The summed E-state index contributed by atoms with van der Waals surface area (Å²) in [5.74, 6) is 1.45. The van der Waals surface area contributed by atoms with Gasteiger partial charge < -0.3 is 10.1 Å². The molecule has 1 aliphatic carbocycles. The van der Waals surface area contributed by atoms with Crippen LogP contribution in [0.15, 0.2) is 54.9 Å². The number of aromatic nitrogens is 3. The predicted octanol–water partition coefficient (Wildman–Crippen LogP) is 3.73. The third kappa shape index (κ3) is 3.12. The van der Waals surface area contributed by atoms with Crippen LogP contribution in [0.4, 0.5) is 5.69 Å². The molecule has 0 saturated heterocycles. The van der Waals surface area contributed by atoms with Gasteiger partial charge in [-0.3, -0.25) is 14.9 Å². The highest BCUT2D eigenvalue weighted by atomic mass is 16.5. The lowest BCUT2D eigenvalue weighted by atomic mass is 10.2. The second kappa shape index (κ2) is 6.16. The van der Waals surface area contributed by atoms with Crippen molar-refractivity contribution in [3.8, 4) is 11.5 Å². The highest BCUT2D eigenvalue weighted by molar-refractivity contribution is 6.03. The number of nitrogens with one attached hydrogen (secondary N) is 2. The first-order valence-corrected chi connectivity index (χ1v) is 7.83. The molecule has 0 radical (unpaired) electrons. The predicted molar refractivity (Wildman–Crippen MR) is 89.3 cm³/mol. The summed E-state index contributed by atoms with van der Waals surface area (Å²) in [5.41, 5.74) is 1.89. The minimum absolute atomic E-state index is 0.288. The number of rotatable bonds is 5. The third-order valence-corrected chi connectivity index (χ3v) is 3.85. The maximum absolute atomic E-state index is 12.4. The first-order valence-electron chi connectivity index (χ1n) is 7.83.